The highest BCUT2D eigenvalue weighted by molar-refractivity contribution is 8.01. The number of sulfonamides is 1. The van der Waals surface area contributed by atoms with Gasteiger partial charge in [-0.15, -0.1) is 11.3 Å². The van der Waals surface area contributed by atoms with E-state index in [2.05, 4.69) is 4.98 Å². The Hall–Kier alpha value is -1.94. The van der Waals surface area contributed by atoms with Crippen molar-refractivity contribution < 1.29 is 13.2 Å². The number of fused-ring (bicyclic) bond motifs is 1. The molecule has 2 aromatic carbocycles. The molecule has 0 aliphatic carbocycles. The van der Waals surface area contributed by atoms with Crippen LogP contribution in [-0.4, -0.2) is 60.4 Å². The van der Waals surface area contributed by atoms with Gasteiger partial charge in [-0.05, 0) is 31.2 Å². The van der Waals surface area contributed by atoms with Crippen molar-refractivity contribution in [3.63, 3.8) is 0 Å². The maximum atomic E-state index is 12.8. The number of carbonyl (C=O) groups excluding carboxylic acids is 1. The Balaban J connectivity index is 1.32. The third-order valence-electron chi connectivity index (χ3n) is 4.84. The van der Waals surface area contributed by atoms with Crippen LogP contribution in [0.5, 0.6) is 0 Å². The molecule has 0 saturated carbocycles. The van der Waals surface area contributed by atoms with Crippen LogP contribution in [0.1, 0.15) is 5.56 Å². The number of piperazine rings is 1. The quantitative estimate of drug-likeness (QED) is 0.562. The number of rotatable bonds is 5. The Morgan fingerprint density at radius 1 is 1.07 bits per heavy atom. The van der Waals surface area contributed by atoms with E-state index in [1.165, 1.54) is 16.1 Å². The van der Waals surface area contributed by atoms with Crippen LogP contribution in [-0.2, 0) is 14.8 Å². The summed E-state index contributed by atoms with van der Waals surface area (Å²) in [6.45, 7) is 3.36. The Morgan fingerprint density at radius 2 is 1.76 bits per heavy atom. The Bertz CT molecular complexity index is 1090. The first-order valence-corrected chi connectivity index (χ1v) is 12.5. The van der Waals surface area contributed by atoms with Crippen molar-refractivity contribution in [1.82, 2.24) is 14.2 Å². The maximum Gasteiger partial charge on any atom is 0.243 e. The Labute approximate surface area is 178 Å². The van der Waals surface area contributed by atoms with Crippen molar-refractivity contribution in [3.05, 3.63) is 54.1 Å². The number of thiazole rings is 1. The highest BCUT2D eigenvalue weighted by Gasteiger charge is 2.30. The molecule has 0 radical (unpaired) electrons. The van der Waals surface area contributed by atoms with E-state index in [9.17, 15) is 13.2 Å². The number of hydrogen-bond acceptors (Lipinski definition) is 6. The standard InChI is InChI=1S/C20H21N3O3S3/c1-15-6-8-16(9-7-15)29(25,26)23-12-10-22(11-13-23)19(24)14-27-20-21-17-4-2-3-5-18(17)28-20/h2-9H,10-14H2,1H3. The lowest BCUT2D eigenvalue weighted by molar-refractivity contribution is -0.129. The summed E-state index contributed by atoms with van der Waals surface area (Å²) in [5, 5.41) is 0. The van der Waals surface area contributed by atoms with Gasteiger partial charge in [0.2, 0.25) is 15.9 Å². The van der Waals surface area contributed by atoms with Gasteiger partial charge in [-0.2, -0.15) is 4.31 Å². The first-order valence-electron chi connectivity index (χ1n) is 9.26. The minimum absolute atomic E-state index is 0.0154. The molecule has 1 aromatic heterocycles. The lowest BCUT2D eigenvalue weighted by Crippen LogP contribution is -2.50. The topological polar surface area (TPSA) is 70.6 Å². The van der Waals surface area contributed by atoms with E-state index in [1.807, 2.05) is 31.2 Å². The van der Waals surface area contributed by atoms with E-state index in [4.69, 9.17) is 0 Å². The van der Waals surface area contributed by atoms with Crippen molar-refractivity contribution in [2.24, 2.45) is 0 Å². The summed E-state index contributed by atoms with van der Waals surface area (Å²) in [6.07, 6.45) is 0. The number of nitrogens with zero attached hydrogens (tertiary/aromatic N) is 3. The summed E-state index contributed by atoms with van der Waals surface area (Å²) in [7, 11) is -3.52. The van der Waals surface area contributed by atoms with Crippen LogP contribution in [0.15, 0.2) is 57.8 Å². The molecule has 1 fully saturated rings. The number of carbonyl (C=O) groups is 1. The minimum atomic E-state index is -3.52. The average Bonchev–Trinajstić information content (AvgIpc) is 3.15. The van der Waals surface area contributed by atoms with Crippen LogP contribution in [0, 0.1) is 6.92 Å². The lowest BCUT2D eigenvalue weighted by Gasteiger charge is -2.34. The van der Waals surface area contributed by atoms with Crippen LogP contribution < -0.4 is 0 Å². The third kappa shape index (κ3) is 4.48. The van der Waals surface area contributed by atoms with Crippen LogP contribution in [0.4, 0.5) is 0 Å². The monoisotopic (exact) mass is 447 g/mol. The van der Waals surface area contributed by atoms with Crippen molar-refractivity contribution >= 4 is 49.2 Å². The molecule has 0 spiro atoms. The molecule has 0 bridgehead atoms. The molecule has 3 aromatic rings. The van der Waals surface area contributed by atoms with Crippen LogP contribution in [0.2, 0.25) is 0 Å². The van der Waals surface area contributed by atoms with Gasteiger partial charge >= 0.3 is 0 Å². The van der Waals surface area contributed by atoms with Gasteiger partial charge in [0.25, 0.3) is 0 Å². The number of aryl methyl sites for hydroxylation is 1. The van der Waals surface area contributed by atoms with Gasteiger partial charge in [-0.1, -0.05) is 41.6 Å². The van der Waals surface area contributed by atoms with Gasteiger partial charge in [0, 0.05) is 26.2 Å². The van der Waals surface area contributed by atoms with Crippen molar-refractivity contribution in [2.75, 3.05) is 31.9 Å². The fraction of sp³-hybridized carbons (Fsp3) is 0.300. The smallest absolute Gasteiger partial charge is 0.243 e. The number of amides is 1. The first kappa shape index (κ1) is 20.3. The zero-order valence-electron chi connectivity index (χ0n) is 15.9. The summed E-state index contributed by atoms with van der Waals surface area (Å²) < 4.78 is 29.0. The highest BCUT2D eigenvalue weighted by atomic mass is 32.2. The van der Waals surface area contributed by atoms with E-state index in [0.29, 0.717) is 36.8 Å². The van der Waals surface area contributed by atoms with Gasteiger partial charge < -0.3 is 4.90 Å². The fourth-order valence-electron chi connectivity index (χ4n) is 3.16. The molecule has 1 saturated heterocycles. The zero-order chi connectivity index (χ0) is 20.4. The second-order valence-corrected chi connectivity index (χ2v) is 11.0. The number of thioether (sulfide) groups is 1. The predicted molar refractivity (Wildman–Crippen MR) is 117 cm³/mol. The third-order valence-corrected chi connectivity index (χ3v) is 8.92. The lowest BCUT2D eigenvalue weighted by atomic mass is 10.2. The molecule has 0 N–H and O–H groups in total. The zero-order valence-corrected chi connectivity index (χ0v) is 18.4. The molecule has 0 unspecified atom stereocenters. The molecule has 6 nitrogen and oxygen atoms in total. The Kier molecular flexibility index (Phi) is 5.91. The number of para-hydroxylation sites is 1. The summed E-state index contributed by atoms with van der Waals surface area (Å²) in [5.41, 5.74) is 1.97. The second-order valence-electron chi connectivity index (χ2n) is 6.83. The molecule has 29 heavy (non-hydrogen) atoms. The number of hydrogen-bond donors (Lipinski definition) is 0. The molecule has 152 valence electrons. The normalized spacial score (nSPS) is 15.7. The first-order chi connectivity index (χ1) is 13.9. The van der Waals surface area contributed by atoms with E-state index < -0.39 is 10.0 Å². The average molecular weight is 448 g/mol. The molecule has 9 heteroatoms. The largest absolute Gasteiger partial charge is 0.339 e. The maximum absolute atomic E-state index is 12.8. The summed E-state index contributed by atoms with van der Waals surface area (Å²) >= 11 is 3.02. The fourth-order valence-corrected chi connectivity index (χ4v) is 6.56. The van der Waals surface area contributed by atoms with Crippen LogP contribution in [0.25, 0.3) is 10.2 Å². The van der Waals surface area contributed by atoms with E-state index in [-0.39, 0.29) is 5.91 Å². The minimum Gasteiger partial charge on any atom is -0.339 e. The van der Waals surface area contributed by atoms with Gasteiger partial charge in [0.05, 0.1) is 20.9 Å². The van der Waals surface area contributed by atoms with Crippen LogP contribution >= 0.6 is 23.1 Å². The second kappa shape index (κ2) is 8.43. The van der Waals surface area contributed by atoms with Gasteiger partial charge in [0.1, 0.15) is 0 Å². The summed E-state index contributed by atoms with van der Waals surface area (Å²) in [5.74, 6) is 0.325. The van der Waals surface area contributed by atoms with E-state index >= 15 is 0 Å². The highest BCUT2D eigenvalue weighted by Crippen LogP contribution is 2.29. The molecule has 1 amide bonds. The van der Waals surface area contributed by atoms with Crippen molar-refractivity contribution in [3.8, 4) is 0 Å². The molecule has 4 rings (SSSR count). The van der Waals surface area contributed by atoms with Crippen molar-refractivity contribution in [2.45, 2.75) is 16.2 Å². The molecular formula is C20H21N3O3S3. The number of benzene rings is 2. The van der Waals surface area contributed by atoms with Gasteiger partial charge in [0.15, 0.2) is 4.34 Å². The molecule has 2 heterocycles. The van der Waals surface area contributed by atoms with Crippen LogP contribution in [0.3, 0.4) is 0 Å². The summed E-state index contributed by atoms with van der Waals surface area (Å²) in [4.78, 5) is 19.1. The van der Waals surface area contributed by atoms with E-state index in [0.717, 1.165) is 20.1 Å². The molecule has 1 aliphatic heterocycles. The predicted octanol–water partition coefficient (Wildman–Crippen LogP) is 3.23. The van der Waals surface area contributed by atoms with Gasteiger partial charge in [-0.3, -0.25) is 4.79 Å². The number of aromatic nitrogens is 1. The molecule has 0 atom stereocenters. The molecule has 1 aliphatic rings. The molecular weight excluding hydrogens is 426 g/mol. The van der Waals surface area contributed by atoms with Gasteiger partial charge in [-0.25, -0.2) is 13.4 Å². The SMILES string of the molecule is Cc1ccc(S(=O)(=O)N2CCN(C(=O)CSc3nc4ccccc4s3)CC2)cc1. The van der Waals surface area contributed by atoms with E-state index in [1.54, 1.807) is 40.5 Å². The Morgan fingerprint density at radius 3 is 2.45 bits per heavy atom. The summed E-state index contributed by atoms with van der Waals surface area (Å²) in [6, 6.07) is 14.8. The van der Waals surface area contributed by atoms with Crippen molar-refractivity contribution in [1.29, 1.82) is 0 Å².